The lowest BCUT2D eigenvalue weighted by Gasteiger charge is -2.04. The minimum atomic E-state index is -1.000. The quantitative estimate of drug-likeness (QED) is 0.790. The fourth-order valence-corrected chi connectivity index (χ4v) is 1.04. The van der Waals surface area contributed by atoms with Gasteiger partial charge in [0.05, 0.1) is 10.7 Å². The number of nitrogens with one attached hydrogen (secondary N) is 1. The van der Waals surface area contributed by atoms with Crippen LogP contribution in [0, 0.1) is 5.82 Å². The maximum Gasteiger partial charge on any atom is 0.322 e. The van der Waals surface area contributed by atoms with Crippen LogP contribution in [0.4, 0.5) is 10.1 Å². The van der Waals surface area contributed by atoms with E-state index in [-0.39, 0.29) is 11.6 Å². The molecule has 0 aliphatic carbocycles. The Balaban J connectivity index is 2.72. The Labute approximate surface area is 79.1 Å². The van der Waals surface area contributed by atoms with Gasteiger partial charge in [0.1, 0.15) is 12.4 Å². The monoisotopic (exact) mass is 203 g/mol. The van der Waals surface area contributed by atoms with Gasteiger partial charge < -0.3 is 10.4 Å². The molecule has 0 saturated carbocycles. The number of rotatable bonds is 3. The van der Waals surface area contributed by atoms with Gasteiger partial charge in [0.25, 0.3) is 0 Å². The molecule has 0 amide bonds. The fourth-order valence-electron chi connectivity index (χ4n) is 0.804. The van der Waals surface area contributed by atoms with Crippen molar-refractivity contribution in [2.45, 2.75) is 0 Å². The van der Waals surface area contributed by atoms with Gasteiger partial charge in [-0.1, -0.05) is 11.6 Å². The predicted octanol–water partition coefficient (Wildman–Crippen LogP) is 1.98. The van der Waals surface area contributed by atoms with Crippen molar-refractivity contribution in [1.82, 2.24) is 0 Å². The van der Waals surface area contributed by atoms with E-state index in [1.165, 1.54) is 12.1 Å². The lowest BCUT2D eigenvalue weighted by atomic mass is 10.3. The largest absolute Gasteiger partial charge is 0.480 e. The predicted molar refractivity (Wildman–Crippen MR) is 47.5 cm³/mol. The minimum absolute atomic E-state index is 0.168. The molecule has 1 aromatic rings. The van der Waals surface area contributed by atoms with Crippen molar-refractivity contribution in [3.8, 4) is 0 Å². The van der Waals surface area contributed by atoms with Crippen LogP contribution in [0.25, 0.3) is 0 Å². The smallest absolute Gasteiger partial charge is 0.322 e. The van der Waals surface area contributed by atoms with E-state index in [4.69, 9.17) is 16.7 Å². The van der Waals surface area contributed by atoms with Crippen molar-refractivity contribution >= 4 is 23.3 Å². The van der Waals surface area contributed by atoms with Crippen molar-refractivity contribution in [1.29, 1.82) is 0 Å². The topological polar surface area (TPSA) is 49.3 Å². The van der Waals surface area contributed by atoms with Crippen LogP contribution < -0.4 is 5.32 Å². The van der Waals surface area contributed by atoms with E-state index in [0.29, 0.717) is 5.69 Å². The summed E-state index contributed by atoms with van der Waals surface area (Å²) in [5.74, 6) is -1.45. The van der Waals surface area contributed by atoms with E-state index in [1.54, 1.807) is 0 Å². The first kappa shape index (κ1) is 9.80. The summed E-state index contributed by atoms with van der Waals surface area (Å²) < 4.78 is 12.5. The molecule has 13 heavy (non-hydrogen) atoms. The number of benzene rings is 1. The van der Waals surface area contributed by atoms with Gasteiger partial charge in [-0.05, 0) is 18.2 Å². The second-order valence-electron chi connectivity index (χ2n) is 2.37. The van der Waals surface area contributed by atoms with Crippen LogP contribution in [0.15, 0.2) is 18.2 Å². The number of carboxylic acid groups (broad SMARTS) is 1. The van der Waals surface area contributed by atoms with Crippen LogP contribution in [-0.4, -0.2) is 17.6 Å². The van der Waals surface area contributed by atoms with Crippen molar-refractivity contribution in [2.24, 2.45) is 0 Å². The molecule has 0 spiro atoms. The number of hydrogen-bond donors (Lipinski definition) is 2. The third-order valence-corrected chi connectivity index (χ3v) is 1.67. The van der Waals surface area contributed by atoms with Crippen LogP contribution in [0.5, 0.6) is 0 Å². The first-order valence-corrected chi connectivity index (χ1v) is 3.88. The van der Waals surface area contributed by atoms with Gasteiger partial charge in [0, 0.05) is 0 Å². The average Bonchev–Trinajstić information content (AvgIpc) is 2.02. The van der Waals surface area contributed by atoms with E-state index >= 15 is 0 Å². The fraction of sp³-hybridized carbons (Fsp3) is 0.125. The minimum Gasteiger partial charge on any atom is -0.480 e. The molecule has 0 saturated heterocycles. The maximum absolute atomic E-state index is 12.5. The first-order valence-electron chi connectivity index (χ1n) is 3.50. The molecular weight excluding hydrogens is 197 g/mol. The summed E-state index contributed by atoms with van der Waals surface area (Å²) in [5.41, 5.74) is 0.408. The number of anilines is 1. The number of aliphatic carboxylic acids is 1. The van der Waals surface area contributed by atoms with Crippen LogP contribution in [0.1, 0.15) is 0 Å². The Bertz CT molecular complexity index is 330. The van der Waals surface area contributed by atoms with Crippen molar-refractivity contribution in [2.75, 3.05) is 11.9 Å². The van der Waals surface area contributed by atoms with Crippen LogP contribution in [-0.2, 0) is 4.79 Å². The summed E-state index contributed by atoms with van der Waals surface area (Å²) >= 11 is 5.62. The Morgan fingerprint density at radius 3 is 2.85 bits per heavy atom. The van der Waals surface area contributed by atoms with Crippen LogP contribution in [0.2, 0.25) is 5.02 Å². The van der Waals surface area contributed by atoms with E-state index in [2.05, 4.69) is 5.32 Å². The second kappa shape index (κ2) is 4.09. The SMILES string of the molecule is O=C(O)CNc1ccc(F)cc1Cl. The molecular formula is C8H7ClFNO2. The van der Waals surface area contributed by atoms with Gasteiger partial charge in [0.15, 0.2) is 0 Å². The zero-order valence-corrected chi connectivity index (χ0v) is 7.31. The van der Waals surface area contributed by atoms with Gasteiger partial charge in [-0.3, -0.25) is 4.79 Å². The highest BCUT2D eigenvalue weighted by atomic mass is 35.5. The highest BCUT2D eigenvalue weighted by Crippen LogP contribution is 2.21. The van der Waals surface area contributed by atoms with E-state index < -0.39 is 11.8 Å². The van der Waals surface area contributed by atoms with Gasteiger partial charge in [-0.2, -0.15) is 0 Å². The normalized spacial score (nSPS) is 9.69. The standard InChI is InChI=1S/C8H7ClFNO2/c9-6-3-5(10)1-2-7(6)11-4-8(12)13/h1-3,11H,4H2,(H,12,13). The molecule has 0 radical (unpaired) electrons. The zero-order chi connectivity index (χ0) is 9.84. The lowest BCUT2D eigenvalue weighted by Crippen LogP contribution is -2.12. The Morgan fingerprint density at radius 1 is 1.62 bits per heavy atom. The van der Waals surface area contributed by atoms with Gasteiger partial charge in [-0.15, -0.1) is 0 Å². The molecule has 0 aromatic heterocycles. The zero-order valence-electron chi connectivity index (χ0n) is 6.55. The summed E-state index contributed by atoms with van der Waals surface area (Å²) in [4.78, 5) is 10.2. The molecule has 0 aliphatic heterocycles. The summed E-state index contributed by atoms with van der Waals surface area (Å²) in [7, 11) is 0. The molecule has 0 unspecified atom stereocenters. The Kier molecular flexibility index (Phi) is 3.08. The number of hydrogen-bond acceptors (Lipinski definition) is 2. The highest BCUT2D eigenvalue weighted by Gasteiger charge is 2.02. The molecule has 2 N–H and O–H groups in total. The highest BCUT2D eigenvalue weighted by molar-refractivity contribution is 6.33. The first-order chi connectivity index (χ1) is 6.09. The summed E-state index contributed by atoms with van der Waals surface area (Å²) in [5, 5.41) is 11.0. The molecule has 0 bridgehead atoms. The number of carboxylic acids is 1. The number of carbonyl (C=O) groups is 1. The molecule has 1 aromatic carbocycles. The molecule has 70 valence electrons. The third-order valence-electron chi connectivity index (χ3n) is 1.36. The van der Waals surface area contributed by atoms with Gasteiger partial charge in [0.2, 0.25) is 0 Å². The van der Waals surface area contributed by atoms with Crippen molar-refractivity contribution in [3.63, 3.8) is 0 Å². The van der Waals surface area contributed by atoms with E-state index in [9.17, 15) is 9.18 Å². The lowest BCUT2D eigenvalue weighted by molar-refractivity contribution is -0.134. The van der Waals surface area contributed by atoms with E-state index in [1.807, 2.05) is 0 Å². The molecule has 0 aliphatic rings. The van der Waals surface area contributed by atoms with Crippen LogP contribution in [0.3, 0.4) is 0 Å². The Morgan fingerprint density at radius 2 is 2.31 bits per heavy atom. The summed E-state index contributed by atoms with van der Waals surface area (Å²) in [6.45, 7) is -0.245. The molecule has 0 fully saturated rings. The summed E-state index contributed by atoms with van der Waals surface area (Å²) in [6.07, 6.45) is 0. The van der Waals surface area contributed by atoms with Crippen molar-refractivity contribution in [3.05, 3.63) is 29.0 Å². The third kappa shape index (κ3) is 2.91. The average molecular weight is 204 g/mol. The molecule has 5 heteroatoms. The van der Waals surface area contributed by atoms with Gasteiger partial charge >= 0.3 is 5.97 Å². The number of halogens is 2. The Hall–Kier alpha value is -1.29. The van der Waals surface area contributed by atoms with Gasteiger partial charge in [-0.25, -0.2) is 4.39 Å². The molecule has 1 rings (SSSR count). The molecule has 3 nitrogen and oxygen atoms in total. The second-order valence-corrected chi connectivity index (χ2v) is 2.78. The van der Waals surface area contributed by atoms with Crippen molar-refractivity contribution < 1.29 is 14.3 Å². The summed E-state index contributed by atoms with van der Waals surface area (Å²) in [6, 6.07) is 3.71. The maximum atomic E-state index is 12.5. The molecule has 0 heterocycles. The van der Waals surface area contributed by atoms with E-state index in [0.717, 1.165) is 6.07 Å². The van der Waals surface area contributed by atoms with Crippen LogP contribution >= 0.6 is 11.6 Å². The molecule has 0 atom stereocenters.